The maximum absolute atomic E-state index is 14.2. The highest BCUT2D eigenvalue weighted by Gasteiger charge is 2.51. The molecule has 1 N–H and O–H groups in total. The Hall–Kier alpha value is -1.98. The molecule has 2 unspecified atom stereocenters. The second-order valence-electron chi connectivity index (χ2n) is 4.38. The van der Waals surface area contributed by atoms with Gasteiger partial charge in [-0.15, -0.1) is 0 Å². The summed E-state index contributed by atoms with van der Waals surface area (Å²) in [5.41, 5.74) is -2.40. The van der Waals surface area contributed by atoms with E-state index >= 15 is 0 Å². The number of nitrogens with one attached hydrogen (secondary N) is 1. The zero-order valence-electron chi connectivity index (χ0n) is 10.3. The Bertz CT molecular complexity index is 520. The van der Waals surface area contributed by atoms with Gasteiger partial charge in [0.15, 0.2) is 0 Å². The first-order chi connectivity index (χ1) is 8.99. The predicted octanol–water partition coefficient (Wildman–Crippen LogP) is 1.66. The van der Waals surface area contributed by atoms with Crippen LogP contribution in [0.15, 0.2) is 24.3 Å². The van der Waals surface area contributed by atoms with Crippen LogP contribution < -0.4 is 5.32 Å². The third-order valence-electron chi connectivity index (χ3n) is 3.23. The molecule has 0 bridgehead atoms. The van der Waals surface area contributed by atoms with Crippen molar-refractivity contribution in [2.75, 3.05) is 7.11 Å². The van der Waals surface area contributed by atoms with Crippen LogP contribution in [0.1, 0.15) is 24.4 Å². The summed E-state index contributed by atoms with van der Waals surface area (Å²) in [6.45, 7) is 0. The number of halogens is 2. The number of alkyl halides is 1. The first-order valence-corrected chi connectivity index (χ1v) is 5.82. The number of rotatable bonds is 2. The molecule has 1 aliphatic rings. The average molecular weight is 269 g/mol. The topological polar surface area (TPSA) is 55.4 Å². The lowest BCUT2D eigenvalue weighted by molar-refractivity contribution is -0.164. The Balaban J connectivity index is 2.19. The summed E-state index contributed by atoms with van der Waals surface area (Å²) < 4.78 is 32.0. The van der Waals surface area contributed by atoms with Gasteiger partial charge in [0.1, 0.15) is 5.82 Å². The lowest BCUT2D eigenvalue weighted by atomic mass is 9.88. The number of methoxy groups -OCH3 is 1. The number of benzene rings is 1. The molecule has 0 saturated carbocycles. The number of carbonyl (C=O) groups is 2. The van der Waals surface area contributed by atoms with Crippen molar-refractivity contribution in [1.82, 2.24) is 5.32 Å². The molecule has 2 rings (SSSR count). The molecular weight excluding hydrogens is 256 g/mol. The molecule has 2 atom stereocenters. The van der Waals surface area contributed by atoms with Crippen LogP contribution in [0, 0.1) is 5.82 Å². The third kappa shape index (κ3) is 2.30. The van der Waals surface area contributed by atoms with Crippen LogP contribution in [0.2, 0.25) is 0 Å². The van der Waals surface area contributed by atoms with Crippen LogP contribution in [0.5, 0.6) is 0 Å². The van der Waals surface area contributed by atoms with E-state index in [1.54, 1.807) is 6.07 Å². The van der Waals surface area contributed by atoms with Gasteiger partial charge in [-0.25, -0.2) is 13.6 Å². The molecule has 4 nitrogen and oxygen atoms in total. The fourth-order valence-electron chi connectivity index (χ4n) is 2.15. The summed E-state index contributed by atoms with van der Waals surface area (Å²) in [6, 6.07) is 5.30. The van der Waals surface area contributed by atoms with Gasteiger partial charge < -0.3 is 10.1 Å². The summed E-state index contributed by atoms with van der Waals surface area (Å²) in [4.78, 5) is 23.0. The number of ether oxygens (including phenoxy) is 1. The first kappa shape index (κ1) is 13.5. The van der Waals surface area contributed by atoms with Crippen molar-refractivity contribution in [2.45, 2.75) is 24.6 Å². The number of carbonyl (C=O) groups excluding carboxylic acids is 2. The van der Waals surface area contributed by atoms with Crippen LogP contribution in [0.25, 0.3) is 0 Å². The van der Waals surface area contributed by atoms with E-state index in [1.807, 2.05) is 0 Å². The van der Waals surface area contributed by atoms with Crippen molar-refractivity contribution in [2.24, 2.45) is 0 Å². The van der Waals surface area contributed by atoms with Crippen LogP contribution in [0.3, 0.4) is 0 Å². The quantitative estimate of drug-likeness (QED) is 0.656. The monoisotopic (exact) mass is 269 g/mol. The van der Waals surface area contributed by atoms with Crippen LogP contribution in [0.4, 0.5) is 8.78 Å². The molecule has 1 aromatic rings. The van der Waals surface area contributed by atoms with Crippen LogP contribution in [-0.2, 0) is 14.3 Å². The first-order valence-electron chi connectivity index (χ1n) is 5.82. The van der Waals surface area contributed by atoms with E-state index in [0.717, 1.165) is 7.11 Å². The second kappa shape index (κ2) is 4.95. The van der Waals surface area contributed by atoms with Crippen molar-refractivity contribution in [3.63, 3.8) is 0 Å². The smallest absolute Gasteiger partial charge is 0.353 e. The van der Waals surface area contributed by atoms with Gasteiger partial charge in [0.05, 0.1) is 13.2 Å². The number of piperidine rings is 1. The Morgan fingerprint density at radius 1 is 1.47 bits per heavy atom. The van der Waals surface area contributed by atoms with Gasteiger partial charge in [0.2, 0.25) is 0 Å². The second-order valence-corrected chi connectivity index (χ2v) is 4.38. The third-order valence-corrected chi connectivity index (χ3v) is 3.23. The summed E-state index contributed by atoms with van der Waals surface area (Å²) in [7, 11) is 1.01. The molecule has 0 spiro atoms. The molecule has 0 aliphatic carbocycles. The minimum absolute atomic E-state index is 0.123. The SMILES string of the molecule is COC(=O)C1(F)CCC(c2ccccc2F)NC1=O. The number of amides is 1. The Labute approximate surface area is 108 Å². The standard InChI is InChI=1S/C13H13F2NO3/c1-19-12(18)13(15)7-6-10(16-11(13)17)8-4-2-3-5-9(8)14/h2-5,10H,6-7H2,1H3,(H,16,17). The van der Waals surface area contributed by atoms with E-state index in [2.05, 4.69) is 10.1 Å². The van der Waals surface area contributed by atoms with Gasteiger partial charge in [0.25, 0.3) is 11.6 Å². The van der Waals surface area contributed by atoms with E-state index in [0.29, 0.717) is 0 Å². The molecule has 102 valence electrons. The molecule has 1 saturated heterocycles. The molecule has 1 fully saturated rings. The highest BCUT2D eigenvalue weighted by Crippen LogP contribution is 2.33. The predicted molar refractivity (Wildman–Crippen MR) is 62.4 cm³/mol. The minimum Gasteiger partial charge on any atom is -0.466 e. The molecule has 1 aliphatic heterocycles. The molecule has 6 heteroatoms. The van der Waals surface area contributed by atoms with Crippen molar-refractivity contribution in [3.05, 3.63) is 35.6 Å². The maximum Gasteiger partial charge on any atom is 0.353 e. The van der Waals surface area contributed by atoms with Crippen LogP contribution >= 0.6 is 0 Å². The Kier molecular flexibility index (Phi) is 3.50. The Morgan fingerprint density at radius 2 is 2.16 bits per heavy atom. The lowest BCUT2D eigenvalue weighted by Gasteiger charge is -2.32. The number of hydrogen-bond acceptors (Lipinski definition) is 3. The van der Waals surface area contributed by atoms with E-state index < -0.39 is 29.4 Å². The van der Waals surface area contributed by atoms with Gasteiger partial charge in [-0.1, -0.05) is 18.2 Å². The van der Waals surface area contributed by atoms with Gasteiger partial charge in [-0.3, -0.25) is 4.79 Å². The van der Waals surface area contributed by atoms with E-state index in [4.69, 9.17) is 0 Å². The van der Waals surface area contributed by atoms with Gasteiger partial charge in [-0.05, 0) is 12.5 Å². The summed E-state index contributed by atoms with van der Waals surface area (Å²) in [5.74, 6) is -2.78. The molecule has 1 heterocycles. The minimum atomic E-state index is -2.68. The average Bonchev–Trinajstić information content (AvgIpc) is 2.41. The fourth-order valence-corrected chi connectivity index (χ4v) is 2.15. The molecule has 0 aromatic heterocycles. The summed E-state index contributed by atoms with van der Waals surface area (Å²) >= 11 is 0. The highest BCUT2D eigenvalue weighted by atomic mass is 19.1. The van der Waals surface area contributed by atoms with Crippen molar-refractivity contribution >= 4 is 11.9 Å². The van der Waals surface area contributed by atoms with E-state index in [-0.39, 0.29) is 18.4 Å². The normalized spacial score (nSPS) is 26.7. The fraction of sp³-hybridized carbons (Fsp3) is 0.385. The summed E-state index contributed by atoms with van der Waals surface area (Å²) in [5, 5.41) is 2.32. The van der Waals surface area contributed by atoms with E-state index in [1.165, 1.54) is 18.2 Å². The van der Waals surface area contributed by atoms with Gasteiger partial charge in [0, 0.05) is 12.0 Å². The highest BCUT2D eigenvalue weighted by molar-refractivity contribution is 6.06. The molecule has 0 radical (unpaired) electrons. The molecule has 19 heavy (non-hydrogen) atoms. The zero-order chi connectivity index (χ0) is 14.0. The number of esters is 1. The molecule has 1 amide bonds. The van der Waals surface area contributed by atoms with Crippen molar-refractivity contribution < 1.29 is 23.1 Å². The number of hydrogen-bond donors (Lipinski definition) is 1. The Morgan fingerprint density at radius 3 is 2.74 bits per heavy atom. The lowest BCUT2D eigenvalue weighted by Crippen LogP contribution is -2.54. The van der Waals surface area contributed by atoms with Crippen molar-refractivity contribution in [1.29, 1.82) is 0 Å². The largest absolute Gasteiger partial charge is 0.466 e. The van der Waals surface area contributed by atoms with Crippen LogP contribution in [-0.4, -0.2) is 24.7 Å². The van der Waals surface area contributed by atoms with Gasteiger partial charge >= 0.3 is 5.97 Å². The zero-order valence-corrected chi connectivity index (χ0v) is 10.3. The summed E-state index contributed by atoms with van der Waals surface area (Å²) in [6.07, 6.45) is -0.206. The maximum atomic E-state index is 14.2. The molecular formula is C13H13F2NO3. The van der Waals surface area contributed by atoms with E-state index in [9.17, 15) is 18.4 Å². The molecule has 1 aromatic carbocycles. The van der Waals surface area contributed by atoms with Gasteiger partial charge in [-0.2, -0.15) is 0 Å². The van der Waals surface area contributed by atoms with Crippen molar-refractivity contribution in [3.8, 4) is 0 Å².